The summed E-state index contributed by atoms with van der Waals surface area (Å²) in [5, 5.41) is 9.43. The molecule has 0 spiro atoms. The number of benzene rings is 1. The van der Waals surface area contributed by atoms with Gasteiger partial charge in [-0.15, -0.1) is 0 Å². The van der Waals surface area contributed by atoms with Crippen molar-refractivity contribution in [3.05, 3.63) is 35.9 Å². The normalized spacial score (nSPS) is 25.8. The zero-order valence-electron chi connectivity index (χ0n) is 7.40. The van der Waals surface area contributed by atoms with Crippen molar-refractivity contribution in [2.45, 2.75) is 12.6 Å². The summed E-state index contributed by atoms with van der Waals surface area (Å²) in [4.78, 5) is 13.0. The molecule has 0 bridgehead atoms. The smallest absolute Gasteiger partial charge is 0.256 e. The van der Waals surface area contributed by atoms with Crippen LogP contribution in [0.5, 0.6) is 0 Å². The molecule has 2 rings (SSSR count). The van der Waals surface area contributed by atoms with Crippen LogP contribution in [-0.4, -0.2) is 28.2 Å². The van der Waals surface area contributed by atoms with E-state index in [1.807, 2.05) is 18.2 Å². The van der Waals surface area contributed by atoms with Gasteiger partial charge in [0.25, 0.3) is 5.91 Å². The van der Waals surface area contributed by atoms with Crippen LogP contribution in [-0.2, 0) is 0 Å². The van der Waals surface area contributed by atoms with Crippen LogP contribution in [0, 0.1) is 0 Å². The molecule has 1 atom stereocenters. The highest BCUT2D eigenvalue weighted by Gasteiger charge is 2.49. The average molecular weight is 177 g/mol. The van der Waals surface area contributed by atoms with E-state index in [1.54, 1.807) is 19.1 Å². The number of carbonyl (C=O) groups excluding carboxylic acids is 1. The summed E-state index contributed by atoms with van der Waals surface area (Å²) < 4.78 is 0. The molecule has 1 aliphatic rings. The second-order valence-electron chi connectivity index (χ2n) is 3.47. The molecule has 1 fully saturated rings. The maximum Gasteiger partial charge on any atom is 0.256 e. The fraction of sp³-hybridized carbons (Fsp3) is 0.300. The van der Waals surface area contributed by atoms with E-state index < -0.39 is 5.72 Å². The highest BCUT2D eigenvalue weighted by molar-refractivity contribution is 5.96. The lowest BCUT2D eigenvalue weighted by Gasteiger charge is -2.05. The Hall–Kier alpha value is -1.35. The van der Waals surface area contributed by atoms with Crippen LogP contribution in [0.1, 0.15) is 17.3 Å². The van der Waals surface area contributed by atoms with Gasteiger partial charge < -0.3 is 10.0 Å². The van der Waals surface area contributed by atoms with Crippen LogP contribution < -0.4 is 0 Å². The van der Waals surface area contributed by atoms with Crippen molar-refractivity contribution in [3.8, 4) is 0 Å². The van der Waals surface area contributed by atoms with Crippen molar-refractivity contribution in [2.24, 2.45) is 0 Å². The van der Waals surface area contributed by atoms with Crippen LogP contribution in [0.25, 0.3) is 0 Å². The minimum absolute atomic E-state index is 0.106. The van der Waals surface area contributed by atoms with Gasteiger partial charge >= 0.3 is 0 Å². The Morgan fingerprint density at radius 1 is 1.46 bits per heavy atom. The number of hydrogen-bond donors (Lipinski definition) is 1. The lowest BCUT2D eigenvalue weighted by molar-refractivity contribution is 0.0660. The third-order valence-electron chi connectivity index (χ3n) is 2.20. The minimum atomic E-state index is -0.924. The second kappa shape index (κ2) is 2.57. The highest BCUT2D eigenvalue weighted by atomic mass is 16.3. The molecule has 1 N–H and O–H groups in total. The van der Waals surface area contributed by atoms with Crippen molar-refractivity contribution < 1.29 is 9.90 Å². The third-order valence-corrected chi connectivity index (χ3v) is 2.20. The molecule has 1 aromatic rings. The molecule has 1 aromatic carbocycles. The van der Waals surface area contributed by atoms with Gasteiger partial charge in [0.2, 0.25) is 0 Å². The number of rotatable bonds is 1. The van der Waals surface area contributed by atoms with Crippen LogP contribution >= 0.6 is 0 Å². The summed E-state index contributed by atoms with van der Waals surface area (Å²) in [6.07, 6.45) is 0. The molecule has 0 aromatic heterocycles. The topological polar surface area (TPSA) is 40.3 Å². The number of nitrogens with zero attached hydrogens (tertiary/aromatic N) is 1. The van der Waals surface area contributed by atoms with E-state index in [-0.39, 0.29) is 5.91 Å². The predicted molar refractivity (Wildman–Crippen MR) is 48.1 cm³/mol. The first-order chi connectivity index (χ1) is 6.11. The Bertz CT molecular complexity index is 332. The molecule has 3 nitrogen and oxygen atoms in total. The molecule has 3 heteroatoms. The summed E-state index contributed by atoms with van der Waals surface area (Å²) in [6.45, 7) is 2.06. The molecule has 68 valence electrons. The van der Waals surface area contributed by atoms with E-state index >= 15 is 0 Å². The van der Waals surface area contributed by atoms with Crippen LogP contribution in [0.4, 0.5) is 0 Å². The lowest BCUT2D eigenvalue weighted by atomic mass is 10.2. The average Bonchev–Trinajstić information content (AvgIpc) is 2.76. The Morgan fingerprint density at radius 3 is 2.46 bits per heavy atom. The van der Waals surface area contributed by atoms with Crippen molar-refractivity contribution in [1.82, 2.24) is 4.90 Å². The Labute approximate surface area is 76.6 Å². The second-order valence-corrected chi connectivity index (χ2v) is 3.47. The zero-order valence-corrected chi connectivity index (χ0v) is 7.40. The molecule has 1 saturated heterocycles. The Morgan fingerprint density at radius 2 is 2.00 bits per heavy atom. The molecule has 1 unspecified atom stereocenters. The molecule has 0 radical (unpaired) electrons. The van der Waals surface area contributed by atoms with E-state index in [2.05, 4.69) is 0 Å². The number of carbonyl (C=O) groups is 1. The van der Waals surface area contributed by atoms with E-state index in [0.29, 0.717) is 12.1 Å². The maximum absolute atomic E-state index is 11.6. The van der Waals surface area contributed by atoms with Gasteiger partial charge in [-0.05, 0) is 19.1 Å². The Kier molecular flexibility index (Phi) is 1.63. The number of aliphatic hydroxyl groups is 1. The van der Waals surface area contributed by atoms with Gasteiger partial charge in [0.1, 0.15) is 0 Å². The molecule has 1 heterocycles. The van der Waals surface area contributed by atoms with Gasteiger partial charge in [-0.1, -0.05) is 18.2 Å². The third kappa shape index (κ3) is 1.42. The SMILES string of the molecule is CC1(O)CN1C(=O)c1ccccc1. The van der Waals surface area contributed by atoms with E-state index in [9.17, 15) is 9.90 Å². The van der Waals surface area contributed by atoms with E-state index in [4.69, 9.17) is 0 Å². The fourth-order valence-corrected chi connectivity index (χ4v) is 1.29. The summed E-state index contributed by atoms with van der Waals surface area (Å²) in [6, 6.07) is 8.97. The highest BCUT2D eigenvalue weighted by Crippen LogP contribution is 2.29. The van der Waals surface area contributed by atoms with Gasteiger partial charge in [0.15, 0.2) is 5.72 Å². The van der Waals surface area contributed by atoms with Gasteiger partial charge in [0, 0.05) is 5.56 Å². The first-order valence-corrected chi connectivity index (χ1v) is 4.21. The molecular weight excluding hydrogens is 166 g/mol. The van der Waals surface area contributed by atoms with E-state index in [0.717, 1.165) is 0 Å². The van der Waals surface area contributed by atoms with Gasteiger partial charge in [-0.2, -0.15) is 0 Å². The summed E-state index contributed by atoms with van der Waals surface area (Å²) >= 11 is 0. The van der Waals surface area contributed by atoms with E-state index in [1.165, 1.54) is 4.90 Å². The number of β-amino-alcohol motifs (C(OH)–C–C–N with tert-alkyl or cyclic N) is 1. The molecule has 1 aliphatic heterocycles. The monoisotopic (exact) mass is 177 g/mol. The van der Waals surface area contributed by atoms with Crippen LogP contribution in [0.3, 0.4) is 0 Å². The molecule has 1 amide bonds. The first kappa shape index (κ1) is 8.26. The summed E-state index contributed by atoms with van der Waals surface area (Å²) in [5.74, 6) is -0.106. The van der Waals surface area contributed by atoms with Gasteiger partial charge in [-0.25, -0.2) is 0 Å². The van der Waals surface area contributed by atoms with Gasteiger partial charge in [-0.3, -0.25) is 4.79 Å². The minimum Gasteiger partial charge on any atom is -0.369 e. The zero-order chi connectivity index (χ0) is 9.47. The molecule has 0 saturated carbocycles. The largest absolute Gasteiger partial charge is 0.369 e. The predicted octanol–water partition coefficient (Wildman–Crippen LogP) is 0.851. The number of hydrogen-bond acceptors (Lipinski definition) is 2. The maximum atomic E-state index is 11.6. The molecule has 13 heavy (non-hydrogen) atoms. The lowest BCUT2D eigenvalue weighted by Crippen LogP contribution is -2.19. The summed E-state index contributed by atoms with van der Waals surface area (Å²) in [5.41, 5.74) is -0.298. The first-order valence-electron chi connectivity index (χ1n) is 4.21. The number of amides is 1. The Balaban J connectivity index is 2.17. The molecule has 0 aliphatic carbocycles. The van der Waals surface area contributed by atoms with Crippen molar-refractivity contribution in [3.63, 3.8) is 0 Å². The van der Waals surface area contributed by atoms with Crippen molar-refractivity contribution >= 4 is 5.91 Å². The van der Waals surface area contributed by atoms with Crippen molar-refractivity contribution in [2.75, 3.05) is 6.54 Å². The van der Waals surface area contributed by atoms with Gasteiger partial charge in [0.05, 0.1) is 6.54 Å². The van der Waals surface area contributed by atoms with Crippen LogP contribution in [0.15, 0.2) is 30.3 Å². The van der Waals surface area contributed by atoms with Crippen molar-refractivity contribution in [1.29, 1.82) is 0 Å². The molecular formula is C10H11NO2. The van der Waals surface area contributed by atoms with Crippen LogP contribution in [0.2, 0.25) is 0 Å². The standard InChI is InChI=1S/C10H11NO2/c1-10(13)7-11(10)9(12)8-5-3-2-4-6-8/h2-6,13H,7H2,1H3. The quantitative estimate of drug-likeness (QED) is 0.646. The fourth-order valence-electron chi connectivity index (χ4n) is 1.29. The summed E-state index contributed by atoms with van der Waals surface area (Å²) in [7, 11) is 0.